The Morgan fingerprint density at radius 1 is 0.765 bits per heavy atom. The van der Waals surface area contributed by atoms with Crippen LogP contribution < -0.4 is 0 Å². The van der Waals surface area contributed by atoms with E-state index in [1.54, 1.807) is 0 Å². The van der Waals surface area contributed by atoms with Gasteiger partial charge in [-0.1, -0.05) is 71.6 Å². The molecular weight excluding hydrogens is 236 g/mol. The van der Waals surface area contributed by atoms with Crippen LogP contribution in [0.5, 0.6) is 0 Å². The largest absolute Gasteiger partial charge is 0.299 e. The molecule has 0 heterocycles. The first kappa shape index (κ1) is 22.0. The topological polar surface area (TPSA) is 57.5 Å². The lowest BCUT2D eigenvalue weighted by molar-refractivity contribution is 0.454. The van der Waals surface area contributed by atoms with Gasteiger partial charge >= 0.3 is 0 Å². The number of hydrogen-bond acceptors (Lipinski definition) is 1. The van der Waals surface area contributed by atoms with Crippen LogP contribution in [0, 0.1) is 0 Å². The molecular formula is C13H30O3S. The van der Waals surface area contributed by atoms with Gasteiger partial charge in [0.25, 0.3) is 11.4 Å². The number of rotatable bonds is 8. The fourth-order valence-electron chi connectivity index (χ4n) is 1.38. The quantitative estimate of drug-likeness (QED) is 0.368. The molecule has 0 aliphatic rings. The Morgan fingerprint density at radius 2 is 0.941 bits per heavy atom. The molecule has 2 N–H and O–H groups in total. The van der Waals surface area contributed by atoms with Gasteiger partial charge in [0.2, 0.25) is 0 Å². The molecule has 0 unspecified atom stereocenters. The van der Waals surface area contributed by atoms with Crippen LogP contribution in [0.15, 0.2) is 13.2 Å². The van der Waals surface area contributed by atoms with Gasteiger partial charge in [0, 0.05) is 0 Å². The molecule has 0 spiro atoms. The predicted molar refractivity (Wildman–Crippen MR) is 77.6 cm³/mol. The second kappa shape index (κ2) is 24.9. The minimum atomic E-state index is -2.61. The van der Waals surface area contributed by atoms with Gasteiger partial charge in [0.15, 0.2) is 0 Å². The van der Waals surface area contributed by atoms with Gasteiger partial charge in [0.1, 0.15) is 0 Å². The van der Waals surface area contributed by atoms with E-state index in [0.29, 0.717) is 0 Å². The Morgan fingerprint density at radius 3 is 1.12 bits per heavy atom. The molecule has 0 atom stereocenters. The first-order valence-electron chi connectivity index (χ1n) is 6.45. The first-order valence-corrected chi connectivity index (χ1v) is 7.51. The molecule has 0 radical (unpaired) electrons. The molecule has 0 aromatic rings. The highest BCUT2D eigenvalue weighted by atomic mass is 32.2. The minimum Gasteiger partial charge on any atom is -0.284 e. The average molecular weight is 266 g/mol. The Balaban J connectivity index is -0.000000275. The summed E-state index contributed by atoms with van der Waals surface area (Å²) in [5.41, 5.74) is 0. The highest BCUT2D eigenvalue weighted by Gasteiger charge is 1.88. The summed E-state index contributed by atoms with van der Waals surface area (Å²) in [4.78, 5) is 0. The van der Waals surface area contributed by atoms with E-state index in [1.165, 1.54) is 57.8 Å². The Labute approximate surface area is 110 Å². The number of hydrogen-bond donors (Lipinski definition) is 2. The maximum atomic E-state index is 8.67. The SMILES string of the molecule is C=C.CCCCCCCCCCC.O=S(O)O. The first-order chi connectivity index (χ1) is 8.15. The molecule has 0 bridgehead atoms. The molecule has 0 fully saturated rings. The zero-order chi connectivity index (χ0) is 13.9. The van der Waals surface area contributed by atoms with E-state index in [9.17, 15) is 0 Å². The molecule has 0 rings (SSSR count). The van der Waals surface area contributed by atoms with Crippen LogP contribution in [-0.4, -0.2) is 13.3 Å². The number of unbranched alkanes of at least 4 members (excludes halogenated alkanes) is 8. The van der Waals surface area contributed by atoms with E-state index in [0.717, 1.165) is 0 Å². The minimum absolute atomic E-state index is 1.37. The molecule has 106 valence electrons. The van der Waals surface area contributed by atoms with Crippen LogP contribution in [0.1, 0.15) is 71.6 Å². The van der Waals surface area contributed by atoms with Crippen LogP contribution in [0.2, 0.25) is 0 Å². The van der Waals surface area contributed by atoms with E-state index in [1.807, 2.05) is 0 Å². The highest BCUT2D eigenvalue weighted by molar-refractivity contribution is 7.73. The van der Waals surface area contributed by atoms with Crippen LogP contribution in [0.25, 0.3) is 0 Å². The van der Waals surface area contributed by atoms with E-state index in [2.05, 4.69) is 27.0 Å². The fourth-order valence-corrected chi connectivity index (χ4v) is 1.38. The molecule has 0 aromatic heterocycles. The van der Waals surface area contributed by atoms with Crippen molar-refractivity contribution in [3.05, 3.63) is 13.2 Å². The Bertz CT molecular complexity index is 129. The summed E-state index contributed by atoms with van der Waals surface area (Å²) >= 11 is -2.61. The van der Waals surface area contributed by atoms with Gasteiger partial charge < -0.3 is 0 Å². The van der Waals surface area contributed by atoms with Crippen LogP contribution >= 0.6 is 0 Å². The fraction of sp³-hybridized carbons (Fsp3) is 0.846. The van der Waals surface area contributed by atoms with Crippen molar-refractivity contribution in [2.24, 2.45) is 0 Å². The lowest BCUT2D eigenvalue weighted by Gasteiger charge is -1.98. The smallest absolute Gasteiger partial charge is 0.284 e. The van der Waals surface area contributed by atoms with Gasteiger partial charge in [-0.05, 0) is 0 Å². The Kier molecular flexibility index (Phi) is 32.2. The van der Waals surface area contributed by atoms with Gasteiger partial charge in [-0.15, -0.1) is 13.2 Å². The summed E-state index contributed by atoms with van der Waals surface area (Å²) in [6.45, 7) is 10.5. The van der Waals surface area contributed by atoms with Crippen molar-refractivity contribution in [1.29, 1.82) is 0 Å². The van der Waals surface area contributed by atoms with Gasteiger partial charge in [0.05, 0.1) is 0 Å². The lowest BCUT2D eigenvalue weighted by Crippen LogP contribution is -1.79. The van der Waals surface area contributed by atoms with Crippen molar-refractivity contribution in [2.45, 2.75) is 71.6 Å². The predicted octanol–water partition coefficient (Wildman–Crippen LogP) is 5.02. The van der Waals surface area contributed by atoms with Crippen molar-refractivity contribution in [3.63, 3.8) is 0 Å². The van der Waals surface area contributed by atoms with Crippen molar-refractivity contribution < 1.29 is 13.3 Å². The van der Waals surface area contributed by atoms with E-state index in [-0.39, 0.29) is 0 Å². The summed E-state index contributed by atoms with van der Waals surface area (Å²) in [7, 11) is 0. The second-order valence-electron chi connectivity index (χ2n) is 3.71. The molecule has 4 heteroatoms. The lowest BCUT2D eigenvalue weighted by atomic mass is 10.1. The third kappa shape index (κ3) is 49.4. The summed E-state index contributed by atoms with van der Waals surface area (Å²) in [5.74, 6) is 0. The molecule has 17 heavy (non-hydrogen) atoms. The maximum absolute atomic E-state index is 8.67. The van der Waals surface area contributed by atoms with E-state index in [4.69, 9.17) is 13.3 Å². The molecule has 0 aromatic carbocycles. The van der Waals surface area contributed by atoms with E-state index >= 15 is 0 Å². The van der Waals surface area contributed by atoms with Gasteiger partial charge in [-0.2, -0.15) is 4.21 Å². The average Bonchev–Trinajstić information content (AvgIpc) is 2.30. The van der Waals surface area contributed by atoms with Gasteiger partial charge in [-0.3, -0.25) is 9.11 Å². The summed E-state index contributed by atoms with van der Waals surface area (Å²) < 4.78 is 22.8. The third-order valence-electron chi connectivity index (χ3n) is 2.21. The summed E-state index contributed by atoms with van der Waals surface area (Å²) in [6.07, 6.45) is 13.0. The molecule has 0 amide bonds. The molecule has 0 saturated heterocycles. The van der Waals surface area contributed by atoms with Gasteiger partial charge in [-0.25, -0.2) is 0 Å². The van der Waals surface area contributed by atoms with Crippen LogP contribution in [0.4, 0.5) is 0 Å². The summed E-state index contributed by atoms with van der Waals surface area (Å²) in [5, 5.41) is 0. The standard InChI is InChI=1S/C11H24.C2H4.H2O3S/c1-3-5-7-9-11-10-8-6-4-2;1-2;1-4(2)3/h3-11H2,1-2H3;1-2H2;(H2,1,2,3). The maximum Gasteiger partial charge on any atom is 0.299 e. The second-order valence-corrected chi connectivity index (χ2v) is 4.17. The van der Waals surface area contributed by atoms with E-state index < -0.39 is 11.4 Å². The summed E-state index contributed by atoms with van der Waals surface area (Å²) in [6, 6.07) is 0. The van der Waals surface area contributed by atoms with Crippen LogP contribution in [-0.2, 0) is 11.4 Å². The highest BCUT2D eigenvalue weighted by Crippen LogP contribution is 2.08. The molecule has 3 nitrogen and oxygen atoms in total. The zero-order valence-corrected chi connectivity index (χ0v) is 12.3. The monoisotopic (exact) mass is 266 g/mol. The van der Waals surface area contributed by atoms with Crippen molar-refractivity contribution in [3.8, 4) is 0 Å². The van der Waals surface area contributed by atoms with Crippen molar-refractivity contribution >= 4 is 11.4 Å². The normalized spacial score (nSPS) is 9.00. The van der Waals surface area contributed by atoms with Crippen molar-refractivity contribution in [2.75, 3.05) is 0 Å². The molecule has 0 aliphatic heterocycles. The molecule has 0 aliphatic carbocycles. The molecule has 0 saturated carbocycles. The van der Waals surface area contributed by atoms with Crippen LogP contribution in [0.3, 0.4) is 0 Å². The third-order valence-corrected chi connectivity index (χ3v) is 2.21. The zero-order valence-electron chi connectivity index (χ0n) is 11.5. The van der Waals surface area contributed by atoms with Crippen molar-refractivity contribution in [1.82, 2.24) is 0 Å². The Hall–Kier alpha value is -0.190.